The fraction of sp³-hybridized carbons (Fsp3) is 0.318. The van der Waals surface area contributed by atoms with E-state index in [0.29, 0.717) is 0 Å². The van der Waals surface area contributed by atoms with Crippen LogP contribution in [0.15, 0.2) is 60.2 Å². The summed E-state index contributed by atoms with van der Waals surface area (Å²) in [7, 11) is 0. The van der Waals surface area contributed by atoms with Gasteiger partial charge in [-0.3, -0.25) is 14.6 Å². The average molecular weight is 424 g/mol. The van der Waals surface area contributed by atoms with E-state index in [4.69, 9.17) is 0 Å². The number of benzene rings is 1. The van der Waals surface area contributed by atoms with Crippen LogP contribution in [0.4, 0.5) is 0 Å². The first-order valence-electron chi connectivity index (χ1n) is 9.76. The summed E-state index contributed by atoms with van der Waals surface area (Å²) in [5.41, 5.74) is 1.36. The van der Waals surface area contributed by atoms with Crippen LogP contribution >= 0.6 is 11.5 Å². The lowest BCUT2D eigenvalue weighted by atomic mass is 9.85. The zero-order valence-corrected chi connectivity index (χ0v) is 18.0. The van der Waals surface area contributed by atoms with Gasteiger partial charge in [0.15, 0.2) is 5.69 Å². The Labute approximate surface area is 180 Å². The zero-order chi connectivity index (χ0) is 21.6. The lowest BCUT2D eigenvalue weighted by Gasteiger charge is -2.32. The first kappa shape index (κ1) is 21.6. The van der Waals surface area contributed by atoms with Gasteiger partial charge in [0.2, 0.25) is 5.91 Å². The largest absolute Gasteiger partial charge is 0.351 e. The van der Waals surface area contributed by atoms with Crippen molar-refractivity contribution < 1.29 is 9.59 Å². The Bertz CT molecular complexity index is 962. The first-order valence-corrected chi connectivity index (χ1v) is 10.6. The van der Waals surface area contributed by atoms with Crippen LogP contribution in [0.1, 0.15) is 60.8 Å². The Hall–Kier alpha value is -3.13. The molecular formula is C22H25N5O2S. The van der Waals surface area contributed by atoms with Crippen LogP contribution in [0.2, 0.25) is 0 Å². The van der Waals surface area contributed by atoms with E-state index in [1.54, 1.807) is 23.8 Å². The van der Waals surface area contributed by atoms with E-state index in [2.05, 4.69) is 25.2 Å². The van der Waals surface area contributed by atoms with Gasteiger partial charge in [0, 0.05) is 23.3 Å². The monoisotopic (exact) mass is 423 g/mol. The highest BCUT2D eigenvalue weighted by Crippen LogP contribution is 2.32. The first-order chi connectivity index (χ1) is 14.4. The van der Waals surface area contributed by atoms with Crippen LogP contribution in [-0.2, 0) is 4.79 Å². The van der Waals surface area contributed by atoms with E-state index in [1.807, 2.05) is 57.2 Å². The third-order valence-electron chi connectivity index (χ3n) is 5.04. The van der Waals surface area contributed by atoms with E-state index in [9.17, 15) is 9.59 Å². The maximum Gasteiger partial charge on any atom is 0.273 e. The molecule has 7 nitrogen and oxygen atoms in total. The van der Waals surface area contributed by atoms with Crippen molar-refractivity contribution >= 4 is 23.3 Å². The lowest BCUT2D eigenvalue weighted by Crippen LogP contribution is -2.48. The molecule has 0 saturated heterocycles. The number of carbonyl (C=O) groups excluding carboxylic acids is 2. The molecule has 2 aromatic heterocycles. The fourth-order valence-electron chi connectivity index (χ4n) is 3.05. The minimum absolute atomic E-state index is 0.168. The number of carbonyl (C=O) groups is 2. The van der Waals surface area contributed by atoms with Gasteiger partial charge in [-0.15, -0.1) is 5.10 Å². The van der Waals surface area contributed by atoms with Gasteiger partial charge in [-0.2, -0.15) is 0 Å². The fourth-order valence-corrected chi connectivity index (χ4v) is 3.49. The second-order valence-electron chi connectivity index (χ2n) is 7.64. The third-order valence-corrected chi connectivity index (χ3v) is 5.55. The number of amides is 2. The quantitative estimate of drug-likeness (QED) is 0.578. The van der Waals surface area contributed by atoms with Crippen molar-refractivity contribution in [3.05, 3.63) is 77.1 Å². The van der Waals surface area contributed by atoms with Crippen LogP contribution < -0.4 is 10.6 Å². The van der Waals surface area contributed by atoms with Crippen molar-refractivity contribution in [1.82, 2.24) is 25.2 Å². The average Bonchev–Trinajstić information content (AvgIpc) is 3.29. The van der Waals surface area contributed by atoms with E-state index < -0.39 is 12.0 Å². The van der Waals surface area contributed by atoms with Gasteiger partial charge in [-0.25, -0.2) is 0 Å². The summed E-state index contributed by atoms with van der Waals surface area (Å²) in [6, 6.07) is 12.4. The summed E-state index contributed by atoms with van der Waals surface area (Å²) in [4.78, 5) is 30.5. The Morgan fingerprint density at radius 2 is 1.83 bits per heavy atom. The Kier molecular flexibility index (Phi) is 6.89. The summed E-state index contributed by atoms with van der Waals surface area (Å²) in [5.74, 6) is -1.21. The summed E-state index contributed by atoms with van der Waals surface area (Å²) in [6.07, 6.45) is 4.09. The normalized spacial score (nSPS) is 13.3. The zero-order valence-electron chi connectivity index (χ0n) is 17.2. The molecule has 0 aliphatic heterocycles. The van der Waals surface area contributed by atoms with Crippen molar-refractivity contribution in [2.24, 2.45) is 0 Å². The predicted molar refractivity (Wildman–Crippen MR) is 116 cm³/mol. The maximum absolute atomic E-state index is 13.5. The molecule has 3 rings (SSSR count). The molecule has 0 fully saturated rings. The smallest absolute Gasteiger partial charge is 0.273 e. The molecule has 156 valence electrons. The van der Waals surface area contributed by atoms with Gasteiger partial charge in [0.05, 0.1) is 12.0 Å². The molecule has 0 saturated carbocycles. The summed E-state index contributed by atoms with van der Waals surface area (Å²) >= 11 is 1.10. The number of aromatic nitrogens is 3. The van der Waals surface area contributed by atoms with Crippen molar-refractivity contribution in [2.75, 3.05) is 0 Å². The molecule has 0 bridgehead atoms. The number of pyridine rings is 1. The molecule has 2 amide bonds. The van der Waals surface area contributed by atoms with E-state index in [0.717, 1.165) is 29.1 Å². The van der Waals surface area contributed by atoms with Crippen molar-refractivity contribution in [3.8, 4) is 0 Å². The van der Waals surface area contributed by atoms with Gasteiger partial charge in [-0.05, 0) is 49.0 Å². The standard InChI is InChI=1S/C22H25N5O2S/c1-4-22(2,3)25-21(29)18(15-9-6-5-7-10-15)19(16-11-8-12-23-13-16)24-20(28)17-14-30-27-26-17/h5-14,18-19H,4H2,1-3H3,(H,24,28)(H,25,29). The summed E-state index contributed by atoms with van der Waals surface area (Å²) in [6.45, 7) is 5.98. The summed E-state index contributed by atoms with van der Waals surface area (Å²) < 4.78 is 3.76. The minimum Gasteiger partial charge on any atom is -0.351 e. The van der Waals surface area contributed by atoms with Gasteiger partial charge >= 0.3 is 0 Å². The minimum atomic E-state index is -0.656. The van der Waals surface area contributed by atoms with Crippen LogP contribution in [0.25, 0.3) is 0 Å². The van der Waals surface area contributed by atoms with Crippen LogP contribution in [0, 0.1) is 0 Å². The highest BCUT2D eigenvalue weighted by Gasteiger charge is 2.35. The summed E-state index contributed by atoms with van der Waals surface area (Å²) in [5, 5.41) is 11.5. The van der Waals surface area contributed by atoms with E-state index in [1.165, 1.54) is 0 Å². The van der Waals surface area contributed by atoms with Crippen LogP contribution in [-0.4, -0.2) is 31.9 Å². The second-order valence-corrected chi connectivity index (χ2v) is 8.25. The maximum atomic E-state index is 13.5. The van der Waals surface area contributed by atoms with Crippen molar-refractivity contribution in [1.29, 1.82) is 0 Å². The number of nitrogens with one attached hydrogen (secondary N) is 2. The molecule has 2 N–H and O–H groups in total. The molecule has 2 heterocycles. The molecular weight excluding hydrogens is 398 g/mol. The van der Waals surface area contributed by atoms with Crippen molar-refractivity contribution in [2.45, 2.75) is 44.7 Å². The highest BCUT2D eigenvalue weighted by atomic mass is 32.1. The van der Waals surface area contributed by atoms with E-state index in [-0.39, 0.29) is 23.0 Å². The molecule has 0 aliphatic rings. The van der Waals surface area contributed by atoms with E-state index >= 15 is 0 Å². The number of nitrogens with zero attached hydrogens (tertiary/aromatic N) is 3. The Morgan fingerprint density at radius 3 is 2.43 bits per heavy atom. The highest BCUT2D eigenvalue weighted by molar-refractivity contribution is 7.03. The molecule has 8 heteroatoms. The molecule has 1 aromatic carbocycles. The topological polar surface area (TPSA) is 96.9 Å². The molecule has 2 atom stereocenters. The second kappa shape index (κ2) is 9.58. The molecule has 0 radical (unpaired) electrons. The molecule has 30 heavy (non-hydrogen) atoms. The third kappa shape index (κ3) is 5.27. The van der Waals surface area contributed by atoms with Crippen molar-refractivity contribution in [3.63, 3.8) is 0 Å². The number of hydrogen-bond acceptors (Lipinski definition) is 6. The molecule has 3 aromatic rings. The number of rotatable bonds is 8. The van der Waals surface area contributed by atoms with Gasteiger partial charge in [0.1, 0.15) is 0 Å². The lowest BCUT2D eigenvalue weighted by molar-refractivity contribution is -0.124. The molecule has 0 aliphatic carbocycles. The molecule has 0 spiro atoms. The SMILES string of the molecule is CCC(C)(C)NC(=O)C(c1ccccc1)C(NC(=O)c1csnn1)c1cccnc1. The van der Waals surface area contributed by atoms with Gasteiger partial charge in [0.25, 0.3) is 5.91 Å². The predicted octanol–water partition coefficient (Wildman–Crippen LogP) is 3.49. The molecule has 2 unspecified atom stereocenters. The number of hydrogen-bond donors (Lipinski definition) is 2. The van der Waals surface area contributed by atoms with Gasteiger partial charge < -0.3 is 10.6 Å². The Morgan fingerprint density at radius 1 is 1.10 bits per heavy atom. The Balaban J connectivity index is 2.04. The van der Waals surface area contributed by atoms with Crippen LogP contribution in [0.3, 0.4) is 0 Å². The van der Waals surface area contributed by atoms with Crippen LogP contribution in [0.5, 0.6) is 0 Å². The van der Waals surface area contributed by atoms with Gasteiger partial charge in [-0.1, -0.05) is 47.8 Å².